The Morgan fingerprint density at radius 1 is 1.29 bits per heavy atom. The second-order valence-electron chi connectivity index (χ2n) is 7.44. The number of piperidine rings is 1. The van der Waals surface area contributed by atoms with E-state index in [9.17, 15) is 17.6 Å². The van der Waals surface area contributed by atoms with Crippen LogP contribution in [0.2, 0.25) is 0 Å². The van der Waals surface area contributed by atoms with Gasteiger partial charge in [-0.3, -0.25) is 4.79 Å². The molecule has 0 unspecified atom stereocenters. The topological polar surface area (TPSA) is 89.7 Å². The lowest BCUT2D eigenvalue weighted by atomic mass is 9.98. The Hall–Kier alpha value is -1.93. The molecule has 0 radical (unpaired) electrons. The van der Waals surface area contributed by atoms with E-state index in [1.165, 1.54) is 12.1 Å². The molecule has 2 rings (SSSR count). The molecule has 156 valence electrons. The van der Waals surface area contributed by atoms with Crippen molar-refractivity contribution in [2.45, 2.75) is 31.6 Å². The van der Waals surface area contributed by atoms with Crippen molar-refractivity contribution in [2.75, 3.05) is 32.0 Å². The quantitative estimate of drug-likeness (QED) is 0.709. The Balaban J connectivity index is 1.92. The maximum atomic E-state index is 12.7. The van der Waals surface area contributed by atoms with Crippen molar-refractivity contribution in [3.05, 3.63) is 36.2 Å². The predicted molar refractivity (Wildman–Crippen MR) is 106 cm³/mol. The minimum Gasteiger partial charge on any atom is -0.489 e. The van der Waals surface area contributed by atoms with Crippen LogP contribution in [-0.4, -0.2) is 51.2 Å². The Morgan fingerprint density at radius 3 is 2.39 bits per heavy atom. The third-order valence-corrected chi connectivity index (χ3v) is 6.80. The molecule has 0 saturated carbocycles. The molecule has 0 bridgehead atoms. The Morgan fingerprint density at radius 2 is 1.89 bits per heavy atom. The van der Waals surface area contributed by atoms with E-state index in [4.69, 9.17) is 10.5 Å². The highest BCUT2D eigenvalue weighted by Crippen LogP contribution is 2.24. The van der Waals surface area contributed by atoms with Gasteiger partial charge in [-0.05, 0) is 43.0 Å². The van der Waals surface area contributed by atoms with Crippen LogP contribution in [0.4, 0.5) is 4.39 Å². The summed E-state index contributed by atoms with van der Waals surface area (Å²) >= 11 is 0. The van der Waals surface area contributed by atoms with Gasteiger partial charge in [0.2, 0.25) is 5.91 Å². The number of halogens is 1. The molecule has 0 aromatic heterocycles. The summed E-state index contributed by atoms with van der Waals surface area (Å²) in [6, 6.07) is 6.12. The first kappa shape index (κ1) is 22.4. The average molecular weight is 413 g/mol. The summed E-state index contributed by atoms with van der Waals surface area (Å²) in [7, 11) is -3.42. The van der Waals surface area contributed by atoms with Gasteiger partial charge in [-0.2, -0.15) is 0 Å². The van der Waals surface area contributed by atoms with E-state index in [0.717, 1.165) is 0 Å². The van der Waals surface area contributed by atoms with Gasteiger partial charge in [0, 0.05) is 31.1 Å². The summed E-state index contributed by atoms with van der Waals surface area (Å²) in [5.74, 6) is 0.643. The number of ether oxygens (including phenoxy) is 1. The summed E-state index contributed by atoms with van der Waals surface area (Å²) < 4.78 is 43.3. The maximum absolute atomic E-state index is 12.7. The Bertz CT molecular complexity index is 783. The first-order valence-electron chi connectivity index (χ1n) is 9.49. The largest absolute Gasteiger partial charge is 0.489 e. The number of carbonyl (C=O) groups is 1. The third kappa shape index (κ3) is 6.04. The van der Waals surface area contributed by atoms with Gasteiger partial charge >= 0.3 is 0 Å². The molecule has 6 nitrogen and oxygen atoms in total. The number of nitrogens with two attached hydrogens (primary N) is 1. The van der Waals surface area contributed by atoms with Gasteiger partial charge in [-0.25, -0.2) is 12.8 Å². The van der Waals surface area contributed by atoms with Crippen LogP contribution in [0, 0.1) is 11.8 Å². The lowest BCUT2D eigenvalue weighted by Gasteiger charge is -2.33. The molecule has 2 N–H and O–H groups in total. The maximum Gasteiger partial charge on any atom is 0.225 e. The van der Waals surface area contributed by atoms with Gasteiger partial charge in [0.25, 0.3) is 0 Å². The van der Waals surface area contributed by atoms with Crippen LogP contribution in [0.15, 0.2) is 41.1 Å². The van der Waals surface area contributed by atoms with Crippen molar-refractivity contribution in [3.63, 3.8) is 0 Å². The average Bonchev–Trinajstić information content (AvgIpc) is 2.69. The van der Waals surface area contributed by atoms with Crippen molar-refractivity contribution in [1.82, 2.24) is 4.90 Å². The molecule has 1 saturated heterocycles. The van der Waals surface area contributed by atoms with Gasteiger partial charge in [-0.15, -0.1) is 0 Å². The van der Waals surface area contributed by atoms with Crippen molar-refractivity contribution in [3.8, 4) is 5.75 Å². The van der Waals surface area contributed by atoms with E-state index in [-0.39, 0.29) is 41.5 Å². The lowest BCUT2D eigenvalue weighted by molar-refractivity contribution is -0.135. The number of hydrogen-bond acceptors (Lipinski definition) is 5. The summed E-state index contributed by atoms with van der Waals surface area (Å²) in [6.07, 6.45) is 1.80. The van der Waals surface area contributed by atoms with E-state index >= 15 is 0 Å². The summed E-state index contributed by atoms with van der Waals surface area (Å²) in [5.41, 5.74) is 5.69. The van der Waals surface area contributed by atoms with Gasteiger partial charge in [0.05, 0.1) is 17.0 Å². The van der Waals surface area contributed by atoms with Gasteiger partial charge < -0.3 is 15.4 Å². The molecule has 1 aromatic rings. The first-order chi connectivity index (χ1) is 13.3. The highest BCUT2D eigenvalue weighted by molar-refractivity contribution is 7.91. The molecule has 1 aliphatic heterocycles. The molecule has 1 aliphatic rings. The zero-order chi connectivity index (χ0) is 20.7. The van der Waals surface area contributed by atoms with Crippen molar-refractivity contribution in [2.24, 2.45) is 17.6 Å². The fourth-order valence-corrected chi connectivity index (χ4v) is 4.84. The molecule has 8 heteroatoms. The SMILES string of the molecule is CC(C)C(=O)N1CCC(CS(=O)(=O)c2ccc(OC/C(=C/F)CN)cc2)CC1. The van der Waals surface area contributed by atoms with Crippen LogP contribution < -0.4 is 10.5 Å². The molecule has 28 heavy (non-hydrogen) atoms. The Labute approximate surface area is 166 Å². The van der Waals surface area contributed by atoms with Crippen molar-refractivity contribution in [1.29, 1.82) is 0 Å². The van der Waals surface area contributed by atoms with E-state index in [0.29, 0.717) is 43.6 Å². The Kier molecular flexibility index (Phi) is 8.00. The van der Waals surface area contributed by atoms with E-state index in [1.807, 2.05) is 18.7 Å². The zero-order valence-electron chi connectivity index (χ0n) is 16.4. The minimum atomic E-state index is -3.42. The van der Waals surface area contributed by atoms with Crippen molar-refractivity contribution >= 4 is 15.7 Å². The highest BCUT2D eigenvalue weighted by Gasteiger charge is 2.28. The monoisotopic (exact) mass is 412 g/mol. The number of rotatable bonds is 8. The third-order valence-electron chi connectivity index (χ3n) is 4.90. The second-order valence-corrected chi connectivity index (χ2v) is 9.47. The highest BCUT2D eigenvalue weighted by atomic mass is 32.2. The fraction of sp³-hybridized carbons (Fsp3) is 0.550. The molecule has 1 fully saturated rings. The molecule has 1 aromatic carbocycles. The van der Waals surface area contributed by atoms with E-state index in [1.54, 1.807) is 12.1 Å². The smallest absolute Gasteiger partial charge is 0.225 e. The van der Waals surface area contributed by atoms with E-state index in [2.05, 4.69) is 0 Å². The normalized spacial score (nSPS) is 16.5. The molecule has 0 atom stereocenters. The number of sulfone groups is 1. The van der Waals surface area contributed by atoms with Crippen LogP contribution in [-0.2, 0) is 14.6 Å². The number of likely N-dealkylation sites (tertiary alicyclic amines) is 1. The van der Waals surface area contributed by atoms with Crippen LogP contribution in [0.1, 0.15) is 26.7 Å². The van der Waals surface area contributed by atoms with Crippen LogP contribution >= 0.6 is 0 Å². The van der Waals surface area contributed by atoms with Gasteiger partial charge in [0.15, 0.2) is 9.84 Å². The van der Waals surface area contributed by atoms with Crippen LogP contribution in [0.5, 0.6) is 5.75 Å². The number of nitrogens with zero attached hydrogens (tertiary/aromatic N) is 1. The fourth-order valence-electron chi connectivity index (χ4n) is 3.15. The number of carbonyl (C=O) groups excluding carboxylic acids is 1. The second kappa shape index (κ2) is 10.0. The van der Waals surface area contributed by atoms with Crippen LogP contribution in [0.3, 0.4) is 0 Å². The van der Waals surface area contributed by atoms with Gasteiger partial charge in [-0.1, -0.05) is 13.8 Å². The van der Waals surface area contributed by atoms with Crippen molar-refractivity contribution < 1.29 is 22.3 Å². The van der Waals surface area contributed by atoms with E-state index < -0.39 is 9.84 Å². The number of hydrogen-bond donors (Lipinski definition) is 1. The van der Waals surface area contributed by atoms with Gasteiger partial charge in [0.1, 0.15) is 12.4 Å². The summed E-state index contributed by atoms with van der Waals surface area (Å²) in [4.78, 5) is 14.1. The number of benzene rings is 1. The first-order valence-corrected chi connectivity index (χ1v) is 11.1. The summed E-state index contributed by atoms with van der Waals surface area (Å²) in [6.45, 7) is 5.04. The minimum absolute atomic E-state index is 0.0206. The van der Waals surface area contributed by atoms with Crippen LogP contribution in [0.25, 0.3) is 0 Å². The predicted octanol–water partition coefficient (Wildman–Crippen LogP) is 2.55. The number of amides is 1. The molecular weight excluding hydrogens is 383 g/mol. The standard InChI is InChI=1S/C20H29FN2O4S/c1-15(2)20(24)23-9-7-16(8-10-23)14-28(25,26)19-5-3-18(4-6-19)27-13-17(11-21)12-22/h3-6,11,15-16H,7-10,12-14,22H2,1-2H3/b17-11+. The lowest BCUT2D eigenvalue weighted by Crippen LogP contribution is -2.41. The molecule has 1 heterocycles. The molecule has 1 amide bonds. The molecule has 0 spiro atoms. The molecular formula is C20H29FN2O4S. The summed E-state index contributed by atoms with van der Waals surface area (Å²) in [5, 5.41) is 0. The molecule has 0 aliphatic carbocycles. The zero-order valence-corrected chi connectivity index (χ0v) is 17.3.